The number of rotatable bonds is 2. The first-order chi connectivity index (χ1) is 8.79. The van der Waals surface area contributed by atoms with E-state index in [-0.39, 0.29) is 5.56 Å². The fourth-order valence-electron chi connectivity index (χ4n) is 2.14. The fraction of sp³-hybridized carbons (Fsp3) is 0.312. The lowest BCUT2D eigenvalue weighted by Crippen LogP contribution is -2.26. The minimum atomic E-state index is -1.13. The largest absolute Gasteiger partial charge is 0.386 e. The van der Waals surface area contributed by atoms with E-state index in [2.05, 4.69) is 4.98 Å². The van der Waals surface area contributed by atoms with Gasteiger partial charge in [0.2, 0.25) is 0 Å². The molecule has 1 aromatic heterocycles. The Balaban J connectivity index is 2.57. The molecule has 0 atom stereocenters. The van der Waals surface area contributed by atoms with Gasteiger partial charge in [-0.2, -0.15) is 0 Å². The number of pyridine rings is 1. The molecule has 0 bridgehead atoms. The quantitative estimate of drug-likeness (QED) is 0.869. The van der Waals surface area contributed by atoms with Gasteiger partial charge in [0, 0.05) is 16.8 Å². The second kappa shape index (κ2) is 4.67. The standard InChI is InChI=1S/C16H19NO2/c1-10-5-6-11(2)12(9-10)14-8-7-13(15(18)17-14)16(3,4)19/h5-9,19H,1-4H3,(H,17,18). The molecule has 1 heterocycles. The maximum absolute atomic E-state index is 12.0. The Morgan fingerprint density at radius 1 is 1.11 bits per heavy atom. The summed E-state index contributed by atoms with van der Waals surface area (Å²) in [5.74, 6) is 0. The number of hydrogen-bond donors (Lipinski definition) is 2. The third-order valence-electron chi connectivity index (χ3n) is 3.25. The van der Waals surface area contributed by atoms with Crippen molar-refractivity contribution in [1.29, 1.82) is 0 Å². The Bertz CT molecular complexity index is 663. The monoisotopic (exact) mass is 257 g/mol. The van der Waals surface area contributed by atoms with Crippen molar-refractivity contribution in [3.63, 3.8) is 0 Å². The summed E-state index contributed by atoms with van der Waals surface area (Å²) >= 11 is 0. The number of aliphatic hydroxyl groups is 1. The molecule has 0 fully saturated rings. The summed E-state index contributed by atoms with van der Waals surface area (Å²) in [7, 11) is 0. The van der Waals surface area contributed by atoms with Crippen LogP contribution in [-0.4, -0.2) is 10.1 Å². The molecule has 2 aromatic rings. The highest BCUT2D eigenvalue weighted by atomic mass is 16.3. The van der Waals surface area contributed by atoms with Crippen LogP contribution in [0.15, 0.2) is 35.1 Å². The van der Waals surface area contributed by atoms with E-state index in [9.17, 15) is 9.90 Å². The molecule has 3 heteroatoms. The minimum Gasteiger partial charge on any atom is -0.386 e. The van der Waals surface area contributed by atoms with Crippen molar-refractivity contribution in [3.05, 3.63) is 57.4 Å². The van der Waals surface area contributed by atoms with Crippen LogP contribution in [0.3, 0.4) is 0 Å². The molecule has 1 aromatic carbocycles. The van der Waals surface area contributed by atoms with Crippen molar-refractivity contribution >= 4 is 0 Å². The van der Waals surface area contributed by atoms with Gasteiger partial charge in [0.15, 0.2) is 0 Å². The third-order valence-corrected chi connectivity index (χ3v) is 3.25. The first-order valence-corrected chi connectivity index (χ1v) is 6.33. The highest BCUT2D eigenvalue weighted by Gasteiger charge is 2.20. The van der Waals surface area contributed by atoms with Gasteiger partial charge in [-0.25, -0.2) is 0 Å². The molecule has 3 nitrogen and oxygen atoms in total. The van der Waals surface area contributed by atoms with Crippen molar-refractivity contribution < 1.29 is 5.11 Å². The van der Waals surface area contributed by atoms with E-state index < -0.39 is 5.60 Å². The second-order valence-electron chi connectivity index (χ2n) is 5.49. The smallest absolute Gasteiger partial charge is 0.254 e. The number of H-pyrrole nitrogens is 1. The minimum absolute atomic E-state index is 0.245. The molecule has 2 N–H and O–H groups in total. The van der Waals surface area contributed by atoms with Gasteiger partial charge in [-0.3, -0.25) is 4.79 Å². The predicted octanol–water partition coefficient (Wildman–Crippen LogP) is 2.89. The van der Waals surface area contributed by atoms with E-state index in [4.69, 9.17) is 0 Å². The van der Waals surface area contributed by atoms with Gasteiger partial charge >= 0.3 is 0 Å². The van der Waals surface area contributed by atoms with Gasteiger partial charge in [-0.15, -0.1) is 0 Å². The Labute approximate surface area is 112 Å². The molecule has 19 heavy (non-hydrogen) atoms. The van der Waals surface area contributed by atoms with Gasteiger partial charge in [-0.05, 0) is 51.5 Å². The van der Waals surface area contributed by atoms with E-state index in [1.165, 1.54) is 0 Å². The Morgan fingerprint density at radius 2 is 1.79 bits per heavy atom. The number of aryl methyl sites for hydroxylation is 2. The maximum atomic E-state index is 12.0. The number of benzene rings is 1. The number of nitrogens with one attached hydrogen (secondary N) is 1. The molecule has 0 saturated heterocycles. The van der Waals surface area contributed by atoms with E-state index in [0.717, 1.165) is 22.4 Å². The molecule has 0 aliphatic rings. The van der Waals surface area contributed by atoms with Gasteiger partial charge in [-0.1, -0.05) is 17.7 Å². The van der Waals surface area contributed by atoms with E-state index in [0.29, 0.717) is 5.56 Å². The first-order valence-electron chi connectivity index (χ1n) is 6.33. The summed E-state index contributed by atoms with van der Waals surface area (Å²) in [4.78, 5) is 14.9. The predicted molar refractivity (Wildman–Crippen MR) is 77.2 cm³/mol. The topological polar surface area (TPSA) is 53.1 Å². The fourth-order valence-corrected chi connectivity index (χ4v) is 2.14. The molecule has 0 radical (unpaired) electrons. The van der Waals surface area contributed by atoms with Gasteiger partial charge in [0.05, 0.1) is 5.60 Å². The SMILES string of the molecule is Cc1ccc(C)c(-c2ccc(C(C)(C)O)c(=O)[nH]2)c1. The van der Waals surface area contributed by atoms with Crippen LogP contribution in [0.25, 0.3) is 11.3 Å². The summed E-state index contributed by atoms with van der Waals surface area (Å²) in [5, 5.41) is 9.91. The molecule has 100 valence electrons. The van der Waals surface area contributed by atoms with Crippen LogP contribution >= 0.6 is 0 Å². The highest BCUT2D eigenvalue weighted by Crippen LogP contribution is 2.23. The van der Waals surface area contributed by atoms with Crippen LogP contribution in [0, 0.1) is 13.8 Å². The molecule has 0 amide bonds. The lowest BCUT2D eigenvalue weighted by molar-refractivity contribution is 0.0771. The van der Waals surface area contributed by atoms with E-state index in [1.807, 2.05) is 38.1 Å². The Morgan fingerprint density at radius 3 is 2.37 bits per heavy atom. The Hall–Kier alpha value is -1.87. The van der Waals surface area contributed by atoms with Gasteiger partial charge in [0.25, 0.3) is 5.56 Å². The van der Waals surface area contributed by atoms with Crippen LogP contribution < -0.4 is 5.56 Å². The van der Waals surface area contributed by atoms with Gasteiger partial charge in [0.1, 0.15) is 0 Å². The molecule has 0 aliphatic carbocycles. The van der Waals surface area contributed by atoms with Crippen LogP contribution in [-0.2, 0) is 5.60 Å². The summed E-state index contributed by atoms with van der Waals surface area (Å²) in [5.41, 5.74) is 3.05. The first kappa shape index (κ1) is 13.6. The summed E-state index contributed by atoms with van der Waals surface area (Å²) in [6.07, 6.45) is 0. The number of aromatic nitrogens is 1. The zero-order valence-electron chi connectivity index (χ0n) is 11.7. The maximum Gasteiger partial charge on any atom is 0.254 e. The number of hydrogen-bond acceptors (Lipinski definition) is 2. The second-order valence-corrected chi connectivity index (χ2v) is 5.49. The average Bonchev–Trinajstić information content (AvgIpc) is 2.30. The summed E-state index contributed by atoms with van der Waals surface area (Å²) < 4.78 is 0. The zero-order valence-corrected chi connectivity index (χ0v) is 11.7. The lowest BCUT2D eigenvalue weighted by atomic mass is 9.97. The molecule has 0 aliphatic heterocycles. The van der Waals surface area contributed by atoms with Crippen molar-refractivity contribution in [1.82, 2.24) is 4.98 Å². The van der Waals surface area contributed by atoms with Crippen molar-refractivity contribution in [2.75, 3.05) is 0 Å². The van der Waals surface area contributed by atoms with Crippen molar-refractivity contribution in [2.24, 2.45) is 0 Å². The molecule has 0 unspecified atom stereocenters. The van der Waals surface area contributed by atoms with E-state index >= 15 is 0 Å². The van der Waals surface area contributed by atoms with Crippen LogP contribution in [0.4, 0.5) is 0 Å². The summed E-state index contributed by atoms with van der Waals surface area (Å²) in [6.45, 7) is 7.24. The Kier molecular flexibility index (Phi) is 3.33. The van der Waals surface area contributed by atoms with Crippen LogP contribution in [0.2, 0.25) is 0 Å². The zero-order chi connectivity index (χ0) is 14.2. The lowest BCUT2D eigenvalue weighted by Gasteiger charge is -2.17. The molecule has 0 spiro atoms. The average molecular weight is 257 g/mol. The third kappa shape index (κ3) is 2.76. The van der Waals surface area contributed by atoms with Crippen molar-refractivity contribution in [2.45, 2.75) is 33.3 Å². The molecular formula is C16H19NO2. The molecule has 2 rings (SSSR count). The van der Waals surface area contributed by atoms with Crippen LogP contribution in [0.5, 0.6) is 0 Å². The molecule has 0 saturated carbocycles. The highest BCUT2D eigenvalue weighted by molar-refractivity contribution is 5.64. The van der Waals surface area contributed by atoms with Crippen molar-refractivity contribution in [3.8, 4) is 11.3 Å². The number of aromatic amines is 1. The van der Waals surface area contributed by atoms with Gasteiger partial charge < -0.3 is 10.1 Å². The normalized spacial score (nSPS) is 11.6. The summed E-state index contributed by atoms with van der Waals surface area (Å²) in [6, 6.07) is 9.66. The molecular weight excluding hydrogens is 238 g/mol. The van der Waals surface area contributed by atoms with E-state index in [1.54, 1.807) is 19.9 Å². The van der Waals surface area contributed by atoms with Crippen LogP contribution in [0.1, 0.15) is 30.5 Å².